The van der Waals surface area contributed by atoms with E-state index < -0.39 is 15.8 Å². The Morgan fingerprint density at radius 3 is 2.78 bits per heavy atom. The highest BCUT2D eigenvalue weighted by Gasteiger charge is 2.31. The number of halogens is 1. The van der Waals surface area contributed by atoms with Gasteiger partial charge >= 0.3 is 0 Å². The van der Waals surface area contributed by atoms with Crippen LogP contribution < -0.4 is 5.73 Å². The molecule has 1 aromatic carbocycles. The van der Waals surface area contributed by atoms with E-state index in [1.165, 1.54) is 4.31 Å². The van der Waals surface area contributed by atoms with Crippen LogP contribution in [0.4, 0.5) is 4.39 Å². The van der Waals surface area contributed by atoms with Gasteiger partial charge in [-0.3, -0.25) is 0 Å². The molecule has 1 saturated heterocycles. The molecule has 7 heteroatoms. The van der Waals surface area contributed by atoms with Gasteiger partial charge in [-0.25, -0.2) is 12.8 Å². The topological polar surface area (TPSA) is 87.2 Å². The Balaban J connectivity index is 2.39. The Morgan fingerprint density at radius 1 is 1.50 bits per heavy atom. The van der Waals surface area contributed by atoms with Crippen LogP contribution in [0.25, 0.3) is 0 Å². The highest BCUT2D eigenvalue weighted by molar-refractivity contribution is 7.89. The fourth-order valence-corrected chi connectivity index (χ4v) is 3.41. The van der Waals surface area contributed by atoms with Crippen LogP contribution in [0, 0.1) is 17.1 Å². The average molecular weight is 269 g/mol. The molecule has 18 heavy (non-hydrogen) atoms. The van der Waals surface area contributed by atoms with E-state index in [4.69, 9.17) is 11.0 Å². The first-order valence-electron chi connectivity index (χ1n) is 5.40. The van der Waals surface area contributed by atoms with Gasteiger partial charge in [0.05, 0.1) is 10.5 Å². The summed E-state index contributed by atoms with van der Waals surface area (Å²) in [6.45, 7) is 0.602. The summed E-state index contributed by atoms with van der Waals surface area (Å²) in [5, 5.41) is 8.70. The summed E-state index contributed by atoms with van der Waals surface area (Å²) in [5.41, 5.74) is 5.38. The predicted molar refractivity (Wildman–Crippen MR) is 62.5 cm³/mol. The lowest BCUT2D eigenvalue weighted by Gasteiger charge is -2.16. The van der Waals surface area contributed by atoms with E-state index in [0.29, 0.717) is 13.0 Å². The summed E-state index contributed by atoms with van der Waals surface area (Å²) >= 11 is 0. The van der Waals surface area contributed by atoms with Gasteiger partial charge in [-0.05, 0) is 24.6 Å². The number of rotatable bonds is 2. The minimum atomic E-state index is -3.69. The maximum Gasteiger partial charge on any atom is 0.243 e. The van der Waals surface area contributed by atoms with Crippen LogP contribution in [0.3, 0.4) is 0 Å². The first-order chi connectivity index (χ1) is 8.45. The highest BCUT2D eigenvalue weighted by atomic mass is 32.2. The van der Waals surface area contributed by atoms with Crippen LogP contribution in [-0.4, -0.2) is 31.9 Å². The van der Waals surface area contributed by atoms with Gasteiger partial charge < -0.3 is 5.73 Å². The molecule has 1 aliphatic rings. The van der Waals surface area contributed by atoms with Crippen molar-refractivity contribution < 1.29 is 12.8 Å². The number of sulfonamides is 1. The zero-order valence-corrected chi connectivity index (χ0v) is 10.3. The number of hydrogen-bond donors (Lipinski definition) is 1. The summed E-state index contributed by atoms with van der Waals surface area (Å²) < 4.78 is 38.8. The molecule has 0 amide bonds. The molecule has 0 radical (unpaired) electrons. The summed E-state index contributed by atoms with van der Waals surface area (Å²) in [7, 11) is -3.69. The minimum absolute atomic E-state index is 0.0745. The normalized spacial score (nSPS) is 20.8. The monoisotopic (exact) mass is 269 g/mol. The molecule has 1 aliphatic heterocycles. The van der Waals surface area contributed by atoms with E-state index in [2.05, 4.69) is 0 Å². The molecule has 1 fully saturated rings. The van der Waals surface area contributed by atoms with Crippen LogP contribution in [0.15, 0.2) is 23.1 Å². The van der Waals surface area contributed by atoms with Gasteiger partial charge in [0.25, 0.3) is 0 Å². The fourth-order valence-electron chi connectivity index (χ4n) is 1.87. The molecule has 0 aromatic heterocycles. The summed E-state index contributed by atoms with van der Waals surface area (Å²) in [6.07, 6.45) is 0.603. The zero-order valence-electron chi connectivity index (χ0n) is 9.51. The quantitative estimate of drug-likeness (QED) is 0.842. The Hall–Kier alpha value is -1.49. The van der Waals surface area contributed by atoms with Gasteiger partial charge in [0.1, 0.15) is 11.9 Å². The van der Waals surface area contributed by atoms with Crippen LogP contribution in [0.1, 0.15) is 12.0 Å². The fraction of sp³-hybridized carbons (Fsp3) is 0.364. The Labute approximate surface area is 105 Å². The first kappa shape index (κ1) is 13.0. The standard InChI is InChI=1S/C11H12FN3O2S/c12-11-2-1-10(5-8(11)6-13)18(16,17)15-4-3-9(14)7-15/h1-2,5,9H,3-4,7,14H2/t9-/m1/s1. The lowest BCUT2D eigenvalue weighted by Crippen LogP contribution is -2.32. The first-order valence-corrected chi connectivity index (χ1v) is 6.84. The van der Waals surface area contributed by atoms with Crippen molar-refractivity contribution in [2.45, 2.75) is 17.4 Å². The number of nitrogens with zero attached hydrogens (tertiary/aromatic N) is 2. The Bertz CT molecular complexity index is 609. The maximum absolute atomic E-state index is 13.1. The molecule has 0 unspecified atom stereocenters. The SMILES string of the molecule is N#Cc1cc(S(=O)(=O)N2CC[C@@H](N)C2)ccc1F. The lowest BCUT2D eigenvalue weighted by atomic mass is 10.2. The van der Waals surface area contributed by atoms with Gasteiger partial charge in [-0.1, -0.05) is 0 Å². The van der Waals surface area contributed by atoms with Crippen LogP contribution in [0.2, 0.25) is 0 Å². The molecule has 2 rings (SSSR count). The van der Waals surface area contributed by atoms with Crippen molar-refractivity contribution in [3.63, 3.8) is 0 Å². The Morgan fingerprint density at radius 2 is 2.22 bits per heavy atom. The second kappa shape index (κ2) is 4.65. The molecule has 0 saturated carbocycles. The van der Waals surface area contributed by atoms with E-state index in [-0.39, 0.29) is 23.0 Å². The number of hydrogen-bond acceptors (Lipinski definition) is 4. The molecule has 1 atom stereocenters. The average Bonchev–Trinajstić information content (AvgIpc) is 2.77. The lowest BCUT2D eigenvalue weighted by molar-refractivity contribution is 0.472. The van der Waals surface area contributed by atoms with Gasteiger partial charge in [0.2, 0.25) is 10.0 Å². The van der Waals surface area contributed by atoms with Crippen molar-refractivity contribution in [3.05, 3.63) is 29.6 Å². The van der Waals surface area contributed by atoms with Gasteiger partial charge in [0, 0.05) is 19.1 Å². The smallest absolute Gasteiger partial charge is 0.243 e. The number of nitriles is 1. The largest absolute Gasteiger partial charge is 0.326 e. The van der Waals surface area contributed by atoms with Crippen molar-refractivity contribution in [1.29, 1.82) is 5.26 Å². The molecule has 0 spiro atoms. The number of benzene rings is 1. The van der Waals surface area contributed by atoms with Crippen molar-refractivity contribution >= 4 is 10.0 Å². The second-order valence-electron chi connectivity index (χ2n) is 4.17. The molecule has 0 aliphatic carbocycles. The highest BCUT2D eigenvalue weighted by Crippen LogP contribution is 2.22. The molecule has 96 valence electrons. The van der Waals surface area contributed by atoms with Crippen molar-refractivity contribution in [2.75, 3.05) is 13.1 Å². The molecule has 1 aromatic rings. The van der Waals surface area contributed by atoms with E-state index in [0.717, 1.165) is 18.2 Å². The summed E-state index contributed by atoms with van der Waals surface area (Å²) in [6, 6.07) is 4.65. The van der Waals surface area contributed by atoms with E-state index in [1.54, 1.807) is 6.07 Å². The van der Waals surface area contributed by atoms with Gasteiger partial charge in [-0.2, -0.15) is 9.57 Å². The van der Waals surface area contributed by atoms with E-state index in [9.17, 15) is 12.8 Å². The van der Waals surface area contributed by atoms with E-state index >= 15 is 0 Å². The number of nitrogens with two attached hydrogens (primary N) is 1. The minimum Gasteiger partial charge on any atom is -0.326 e. The van der Waals surface area contributed by atoms with Crippen LogP contribution in [0.5, 0.6) is 0 Å². The third kappa shape index (κ3) is 2.22. The zero-order chi connectivity index (χ0) is 13.3. The molecule has 1 heterocycles. The predicted octanol–water partition coefficient (Wildman–Crippen LogP) is 0.419. The van der Waals surface area contributed by atoms with Gasteiger partial charge in [0.15, 0.2) is 0 Å². The summed E-state index contributed by atoms with van der Waals surface area (Å²) in [4.78, 5) is -0.0745. The second-order valence-corrected chi connectivity index (χ2v) is 6.10. The molecule has 2 N–H and O–H groups in total. The van der Waals surface area contributed by atoms with E-state index in [1.807, 2.05) is 0 Å². The van der Waals surface area contributed by atoms with Crippen molar-refractivity contribution in [2.24, 2.45) is 5.73 Å². The van der Waals surface area contributed by atoms with Crippen LogP contribution >= 0.6 is 0 Å². The van der Waals surface area contributed by atoms with Crippen LogP contribution in [-0.2, 0) is 10.0 Å². The Kier molecular flexibility index (Phi) is 3.34. The van der Waals surface area contributed by atoms with Crippen molar-refractivity contribution in [3.8, 4) is 6.07 Å². The van der Waals surface area contributed by atoms with Gasteiger partial charge in [-0.15, -0.1) is 0 Å². The molecule has 5 nitrogen and oxygen atoms in total. The third-order valence-corrected chi connectivity index (χ3v) is 4.74. The van der Waals surface area contributed by atoms with Crippen molar-refractivity contribution in [1.82, 2.24) is 4.31 Å². The molecular formula is C11H12FN3O2S. The molecule has 0 bridgehead atoms. The molecular weight excluding hydrogens is 257 g/mol. The third-order valence-electron chi connectivity index (χ3n) is 2.88. The summed E-state index contributed by atoms with van der Waals surface area (Å²) in [5.74, 6) is -0.727. The maximum atomic E-state index is 13.1.